The Morgan fingerprint density at radius 3 is 1.81 bits per heavy atom. The molecule has 3 unspecified atom stereocenters. The van der Waals surface area contributed by atoms with Crippen molar-refractivity contribution in [3.63, 3.8) is 0 Å². The second-order valence-electron chi connectivity index (χ2n) is 7.42. The van der Waals surface area contributed by atoms with Crippen molar-refractivity contribution in [3.05, 3.63) is 72.5 Å². The Kier molecular flexibility index (Phi) is 35.2. The van der Waals surface area contributed by atoms with E-state index in [2.05, 4.69) is 68.0 Å². The molecule has 1 aliphatic carbocycles. The van der Waals surface area contributed by atoms with E-state index in [1.165, 1.54) is 11.3 Å². The van der Waals surface area contributed by atoms with Crippen molar-refractivity contribution in [2.45, 2.75) is 133 Å². The van der Waals surface area contributed by atoms with Crippen molar-refractivity contribution in [2.75, 3.05) is 0 Å². The van der Waals surface area contributed by atoms with Crippen LogP contribution in [0.4, 0.5) is 0 Å². The van der Waals surface area contributed by atoms with Gasteiger partial charge < -0.3 is 10.6 Å². The lowest BCUT2D eigenvalue weighted by molar-refractivity contribution is -0.118. The first-order valence-corrected chi connectivity index (χ1v) is 14.4. The van der Waals surface area contributed by atoms with Gasteiger partial charge in [0.2, 0.25) is 0 Å². The van der Waals surface area contributed by atoms with Crippen LogP contribution in [0.15, 0.2) is 72.5 Å². The highest BCUT2D eigenvalue weighted by Gasteiger charge is 2.25. The van der Waals surface area contributed by atoms with Gasteiger partial charge in [0, 0.05) is 30.6 Å². The molecule has 1 aliphatic heterocycles. The third kappa shape index (κ3) is 19.1. The maximum Gasteiger partial charge on any atom is 0.137 e. The molecular formula is C33H62N2O. The SMILES string of the molecule is C=C/C(=C\C)C1NC(C)/C=C\C=C/C(C)N/C2=C\1CC(=O)CCCC2.C=CC.CC.CC.CC.CC. The number of Topliss-reactive ketones (excluding diaryl/α,β-unsaturated/α-hetero) is 1. The Bertz CT molecular complexity index is 653. The fraction of sp³-hybridized carbons (Fsp3) is 0.606. The molecule has 0 aromatic rings. The molecule has 0 fully saturated rings. The molecule has 1 heterocycles. The quantitative estimate of drug-likeness (QED) is 0.292. The van der Waals surface area contributed by atoms with Crippen LogP contribution in [0, 0.1) is 0 Å². The molecule has 0 aromatic carbocycles. The van der Waals surface area contributed by atoms with Gasteiger partial charge in [-0.05, 0) is 58.1 Å². The summed E-state index contributed by atoms with van der Waals surface area (Å²) in [5, 5.41) is 7.35. The smallest absolute Gasteiger partial charge is 0.137 e. The van der Waals surface area contributed by atoms with Crippen molar-refractivity contribution in [3.8, 4) is 0 Å². The minimum absolute atomic E-state index is 0.0111. The zero-order valence-corrected chi connectivity index (χ0v) is 26.1. The Labute approximate surface area is 227 Å². The topological polar surface area (TPSA) is 41.1 Å². The summed E-state index contributed by atoms with van der Waals surface area (Å²) in [5.41, 5.74) is 3.53. The van der Waals surface area contributed by atoms with E-state index >= 15 is 0 Å². The van der Waals surface area contributed by atoms with Gasteiger partial charge in [0.1, 0.15) is 5.78 Å². The molecule has 3 nitrogen and oxygen atoms in total. The van der Waals surface area contributed by atoms with Crippen molar-refractivity contribution < 1.29 is 4.79 Å². The molecule has 0 amide bonds. The monoisotopic (exact) mass is 502 g/mol. The third-order valence-corrected chi connectivity index (χ3v) is 4.90. The van der Waals surface area contributed by atoms with Crippen LogP contribution in [0.3, 0.4) is 0 Å². The zero-order chi connectivity index (χ0) is 28.9. The summed E-state index contributed by atoms with van der Waals surface area (Å²) in [6, 6.07) is 0.445. The molecule has 0 saturated heterocycles. The van der Waals surface area contributed by atoms with Crippen LogP contribution in [0.1, 0.15) is 115 Å². The molecule has 3 heteroatoms. The number of hydrogen-bond donors (Lipinski definition) is 2. The van der Waals surface area contributed by atoms with E-state index in [-0.39, 0.29) is 18.1 Å². The number of rotatable bonds is 2. The lowest BCUT2D eigenvalue weighted by atomic mass is 9.87. The predicted octanol–water partition coefficient (Wildman–Crippen LogP) is 9.65. The fourth-order valence-electron chi connectivity index (χ4n) is 3.54. The van der Waals surface area contributed by atoms with Gasteiger partial charge in [0.25, 0.3) is 0 Å². The molecule has 0 spiro atoms. The number of ketones is 1. The van der Waals surface area contributed by atoms with E-state index in [1.807, 2.05) is 75.3 Å². The molecule has 0 aromatic heterocycles. The summed E-state index contributed by atoms with van der Waals surface area (Å²) in [6.07, 6.45) is 18.5. The average Bonchev–Trinajstić information content (AvgIpc) is 2.93. The van der Waals surface area contributed by atoms with Gasteiger partial charge in [-0.1, -0.05) is 105 Å². The molecule has 0 bridgehead atoms. The van der Waals surface area contributed by atoms with E-state index in [9.17, 15) is 4.79 Å². The van der Waals surface area contributed by atoms with Crippen molar-refractivity contribution in [1.29, 1.82) is 0 Å². The van der Waals surface area contributed by atoms with Crippen molar-refractivity contribution >= 4 is 5.78 Å². The van der Waals surface area contributed by atoms with Gasteiger partial charge >= 0.3 is 0 Å². The van der Waals surface area contributed by atoms with Crippen LogP contribution in [0.25, 0.3) is 0 Å². The zero-order valence-electron chi connectivity index (χ0n) is 26.1. The van der Waals surface area contributed by atoms with E-state index in [0.717, 1.165) is 24.8 Å². The van der Waals surface area contributed by atoms with E-state index in [0.29, 0.717) is 18.6 Å². The molecule has 0 saturated carbocycles. The maximum atomic E-state index is 12.5. The van der Waals surface area contributed by atoms with E-state index in [4.69, 9.17) is 0 Å². The molecule has 0 radical (unpaired) electrons. The number of carbonyl (C=O) groups excluding carboxylic acids is 1. The van der Waals surface area contributed by atoms with Crippen LogP contribution in [0.2, 0.25) is 0 Å². The van der Waals surface area contributed by atoms with Gasteiger partial charge in [-0.15, -0.1) is 6.58 Å². The first-order chi connectivity index (χ1) is 17.5. The Balaban J connectivity index is -0.000000407. The first kappa shape index (κ1) is 41.0. The lowest BCUT2D eigenvalue weighted by Crippen LogP contribution is -2.41. The molecular weight excluding hydrogens is 440 g/mol. The van der Waals surface area contributed by atoms with Crippen molar-refractivity contribution in [1.82, 2.24) is 10.6 Å². The molecule has 3 atom stereocenters. The van der Waals surface area contributed by atoms with Crippen molar-refractivity contribution in [2.24, 2.45) is 0 Å². The second-order valence-corrected chi connectivity index (χ2v) is 7.42. The molecule has 210 valence electrons. The van der Waals surface area contributed by atoms with Gasteiger partial charge in [-0.3, -0.25) is 4.79 Å². The lowest BCUT2D eigenvalue weighted by Gasteiger charge is -2.30. The van der Waals surface area contributed by atoms with Crippen LogP contribution in [0.5, 0.6) is 0 Å². The third-order valence-electron chi connectivity index (χ3n) is 4.90. The summed E-state index contributed by atoms with van der Waals surface area (Å²) in [6.45, 7) is 31.6. The Hall–Kier alpha value is -2.13. The summed E-state index contributed by atoms with van der Waals surface area (Å²) in [5.74, 6) is 0.335. The second kappa shape index (κ2) is 30.9. The highest BCUT2D eigenvalue weighted by atomic mass is 16.1. The van der Waals surface area contributed by atoms with Crippen LogP contribution < -0.4 is 10.6 Å². The van der Waals surface area contributed by atoms with Crippen LogP contribution >= 0.6 is 0 Å². The molecule has 2 N–H and O–H groups in total. The summed E-state index contributed by atoms with van der Waals surface area (Å²) < 4.78 is 0. The summed E-state index contributed by atoms with van der Waals surface area (Å²) in [7, 11) is 0. The predicted molar refractivity (Wildman–Crippen MR) is 168 cm³/mol. The first-order valence-electron chi connectivity index (χ1n) is 14.4. The summed E-state index contributed by atoms with van der Waals surface area (Å²) in [4.78, 5) is 12.5. The van der Waals surface area contributed by atoms with E-state index in [1.54, 1.807) is 6.08 Å². The molecule has 36 heavy (non-hydrogen) atoms. The minimum atomic E-state index is 0.0111. The van der Waals surface area contributed by atoms with Gasteiger partial charge in [-0.2, -0.15) is 0 Å². The highest BCUT2D eigenvalue weighted by molar-refractivity contribution is 5.81. The largest absolute Gasteiger partial charge is 0.382 e. The fourth-order valence-corrected chi connectivity index (χ4v) is 3.54. The highest BCUT2D eigenvalue weighted by Crippen LogP contribution is 2.27. The number of hydrogen-bond acceptors (Lipinski definition) is 3. The Morgan fingerprint density at radius 2 is 1.33 bits per heavy atom. The Morgan fingerprint density at radius 1 is 0.861 bits per heavy atom. The average molecular weight is 503 g/mol. The van der Waals surface area contributed by atoms with Crippen LogP contribution in [-0.2, 0) is 4.79 Å². The minimum Gasteiger partial charge on any atom is -0.382 e. The molecule has 2 rings (SSSR count). The number of nitrogens with one attached hydrogen (secondary N) is 2. The normalized spacial score (nSPS) is 25.1. The van der Waals surface area contributed by atoms with Crippen LogP contribution in [-0.4, -0.2) is 23.9 Å². The maximum absolute atomic E-state index is 12.5. The van der Waals surface area contributed by atoms with Gasteiger partial charge in [0.15, 0.2) is 0 Å². The van der Waals surface area contributed by atoms with Gasteiger partial charge in [-0.25, -0.2) is 0 Å². The summed E-state index contributed by atoms with van der Waals surface area (Å²) >= 11 is 0. The number of carbonyl (C=O) groups is 1. The molecule has 2 aliphatic rings. The standard InChI is InChI=1S/C22H32N2O.C3H6.4C2H6/c1-5-18(6-2)22-20-15-19(25)13-9-10-14-21(20)23-16(3)11-7-8-12-17(4)24-22;1-3-2;4*1-2/h5-8,11-12,16-17,22-24H,1,9-10,13-15H2,2-4H3;3H,1H2,2H3;4*1-2H3/b11-7-,12-8-,18-6+,21-20-;;;;;. The van der Waals surface area contributed by atoms with E-state index < -0.39 is 0 Å². The van der Waals surface area contributed by atoms with Gasteiger partial charge in [0.05, 0.1) is 6.04 Å². The number of allylic oxidation sites excluding steroid dienone is 5.